The van der Waals surface area contributed by atoms with E-state index in [9.17, 15) is 0 Å². The molecule has 0 heterocycles. The molecule has 16 heavy (non-hydrogen) atoms. The first-order valence-corrected chi connectivity index (χ1v) is 5.56. The van der Waals surface area contributed by atoms with Gasteiger partial charge in [0.25, 0.3) is 0 Å². The summed E-state index contributed by atoms with van der Waals surface area (Å²) in [5, 5.41) is 0. The highest BCUT2D eigenvalue weighted by Gasteiger charge is 2.22. The third kappa shape index (κ3) is 2.80. The quantitative estimate of drug-likeness (QED) is 0.692. The summed E-state index contributed by atoms with van der Waals surface area (Å²) in [6, 6.07) is 9.09. The Bertz CT molecular complexity index is 424. The van der Waals surface area contributed by atoms with Crippen molar-refractivity contribution in [1.82, 2.24) is 0 Å². The lowest BCUT2D eigenvalue weighted by molar-refractivity contribution is 0.538. The van der Waals surface area contributed by atoms with Crippen molar-refractivity contribution in [2.75, 3.05) is 13.6 Å². The molecular weight excluding hydrogens is 196 g/mol. The van der Waals surface area contributed by atoms with Gasteiger partial charge in [0, 0.05) is 12.5 Å². The van der Waals surface area contributed by atoms with Gasteiger partial charge < -0.3 is 0 Å². The molecule has 86 valence electrons. The molecular formula is C14H20N2. The average molecular weight is 216 g/mol. The first kappa shape index (κ1) is 12.7. The number of aliphatic imine (C=N–C) groups is 2. The van der Waals surface area contributed by atoms with Crippen molar-refractivity contribution in [3.63, 3.8) is 0 Å². The Hall–Kier alpha value is -1.40. The molecule has 0 saturated carbocycles. The Morgan fingerprint density at radius 1 is 1.25 bits per heavy atom. The normalized spacial score (nSPS) is 10.8. The highest BCUT2D eigenvalue weighted by Crippen LogP contribution is 2.28. The Labute approximate surface area is 98.1 Å². The van der Waals surface area contributed by atoms with E-state index in [1.54, 1.807) is 7.05 Å². The maximum absolute atomic E-state index is 4.19. The summed E-state index contributed by atoms with van der Waals surface area (Å²) in [5.74, 6) is 0. The van der Waals surface area contributed by atoms with Crippen LogP contribution in [0.3, 0.4) is 0 Å². The van der Waals surface area contributed by atoms with E-state index in [0.717, 1.165) is 0 Å². The monoisotopic (exact) mass is 216 g/mol. The number of aryl methyl sites for hydroxylation is 1. The van der Waals surface area contributed by atoms with E-state index in [1.165, 1.54) is 16.7 Å². The van der Waals surface area contributed by atoms with Crippen molar-refractivity contribution >= 4 is 6.01 Å². The summed E-state index contributed by atoms with van der Waals surface area (Å²) < 4.78 is 0. The van der Waals surface area contributed by atoms with Crippen LogP contribution < -0.4 is 0 Å². The Balaban J connectivity index is 3.06. The molecule has 0 fully saturated rings. The van der Waals surface area contributed by atoms with Gasteiger partial charge in [-0.25, -0.2) is 9.98 Å². The summed E-state index contributed by atoms with van der Waals surface area (Å²) in [6.45, 7) is 9.44. The predicted octanol–water partition coefficient (Wildman–Crippen LogP) is 3.38. The van der Waals surface area contributed by atoms with Gasteiger partial charge in [-0.05, 0) is 30.5 Å². The van der Waals surface area contributed by atoms with Gasteiger partial charge in [-0.3, -0.25) is 0 Å². The van der Waals surface area contributed by atoms with Gasteiger partial charge in [0.1, 0.15) is 0 Å². The minimum atomic E-state index is 0.0355. The van der Waals surface area contributed by atoms with Crippen LogP contribution in [0.5, 0.6) is 0 Å². The van der Waals surface area contributed by atoms with Gasteiger partial charge in [0.2, 0.25) is 0 Å². The molecule has 0 spiro atoms. The Morgan fingerprint density at radius 2 is 1.94 bits per heavy atom. The number of hydrogen-bond acceptors (Lipinski definition) is 2. The molecule has 0 saturated heterocycles. The Morgan fingerprint density at radius 3 is 2.56 bits per heavy atom. The van der Waals surface area contributed by atoms with Gasteiger partial charge >= 0.3 is 0 Å². The predicted molar refractivity (Wildman–Crippen MR) is 69.6 cm³/mol. The number of rotatable bonds is 3. The zero-order chi connectivity index (χ0) is 12.2. The molecule has 2 heteroatoms. The fraction of sp³-hybridized carbons (Fsp3) is 0.500. The van der Waals surface area contributed by atoms with Crippen LogP contribution in [-0.2, 0) is 5.41 Å². The van der Waals surface area contributed by atoms with E-state index in [-0.39, 0.29) is 5.41 Å². The highest BCUT2D eigenvalue weighted by atomic mass is 14.8. The van der Waals surface area contributed by atoms with E-state index in [4.69, 9.17) is 0 Å². The van der Waals surface area contributed by atoms with Gasteiger partial charge in [-0.2, -0.15) is 0 Å². The van der Waals surface area contributed by atoms with E-state index in [1.807, 2.05) is 0 Å². The van der Waals surface area contributed by atoms with Crippen LogP contribution in [0.15, 0.2) is 28.2 Å². The summed E-state index contributed by atoms with van der Waals surface area (Å²) in [7, 11) is 1.69. The molecule has 0 unspecified atom stereocenters. The van der Waals surface area contributed by atoms with Crippen LogP contribution in [0.1, 0.15) is 30.5 Å². The SMILES string of the molecule is CN=C=NCC(C)(C)c1cccc(C)c1C. The largest absolute Gasteiger partial charge is 0.229 e. The minimum Gasteiger partial charge on any atom is -0.229 e. The fourth-order valence-corrected chi connectivity index (χ4v) is 1.87. The van der Waals surface area contributed by atoms with Gasteiger partial charge in [-0.1, -0.05) is 32.0 Å². The smallest absolute Gasteiger partial charge is 0.0889 e. The van der Waals surface area contributed by atoms with E-state index in [2.05, 4.69) is 61.9 Å². The van der Waals surface area contributed by atoms with Crippen molar-refractivity contribution in [2.45, 2.75) is 33.1 Å². The van der Waals surface area contributed by atoms with Crippen LogP contribution in [-0.4, -0.2) is 19.6 Å². The molecule has 0 atom stereocenters. The fourth-order valence-electron chi connectivity index (χ4n) is 1.87. The molecule has 0 radical (unpaired) electrons. The summed E-state index contributed by atoms with van der Waals surface area (Å²) in [6.07, 6.45) is 0. The van der Waals surface area contributed by atoms with Crippen LogP contribution in [0, 0.1) is 13.8 Å². The van der Waals surface area contributed by atoms with Crippen molar-refractivity contribution in [3.05, 3.63) is 34.9 Å². The Kier molecular flexibility index (Phi) is 4.03. The van der Waals surface area contributed by atoms with E-state index >= 15 is 0 Å². The summed E-state index contributed by atoms with van der Waals surface area (Å²) in [5.41, 5.74) is 4.08. The second-order valence-corrected chi connectivity index (χ2v) is 4.77. The highest BCUT2D eigenvalue weighted by molar-refractivity contribution is 5.42. The molecule has 1 rings (SSSR count). The zero-order valence-electron chi connectivity index (χ0n) is 10.8. The number of nitrogens with zero attached hydrogens (tertiary/aromatic N) is 2. The third-order valence-electron chi connectivity index (χ3n) is 2.98. The van der Waals surface area contributed by atoms with Crippen molar-refractivity contribution in [1.29, 1.82) is 0 Å². The minimum absolute atomic E-state index is 0.0355. The zero-order valence-corrected chi connectivity index (χ0v) is 10.8. The molecule has 2 nitrogen and oxygen atoms in total. The first-order chi connectivity index (χ1) is 7.49. The second-order valence-electron chi connectivity index (χ2n) is 4.77. The van der Waals surface area contributed by atoms with Crippen LogP contribution in [0.25, 0.3) is 0 Å². The topological polar surface area (TPSA) is 24.7 Å². The summed E-state index contributed by atoms with van der Waals surface area (Å²) in [4.78, 5) is 7.95. The first-order valence-electron chi connectivity index (χ1n) is 5.56. The molecule has 1 aromatic carbocycles. The van der Waals surface area contributed by atoms with Crippen molar-refractivity contribution in [3.8, 4) is 0 Å². The standard InChI is InChI=1S/C14H20N2/c1-11-7-6-8-13(12(11)2)14(3,4)9-16-10-15-5/h6-8H,9H2,1-5H3. The van der Waals surface area contributed by atoms with Gasteiger partial charge in [0.15, 0.2) is 0 Å². The van der Waals surface area contributed by atoms with E-state index in [0.29, 0.717) is 6.54 Å². The van der Waals surface area contributed by atoms with Crippen molar-refractivity contribution in [2.24, 2.45) is 9.98 Å². The van der Waals surface area contributed by atoms with Gasteiger partial charge in [0.05, 0.1) is 12.6 Å². The second kappa shape index (κ2) is 5.09. The molecule has 0 bridgehead atoms. The lowest BCUT2D eigenvalue weighted by Gasteiger charge is -2.25. The molecule has 0 amide bonds. The molecule has 0 aliphatic rings. The van der Waals surface area contributed by atoms with Crippen LogP contribution in [0.2, 0.25) is 0 Å². The van der Waals surface area contributed by atoms with Crippen molar-refractivity contribution < 1.29 is 0 Å². The molecule has 1 aromatic rings. The molecule has 0 N–H and O–H groups in total. The van der Waals surface area contributed by atoms with E-state index < -0.39 is 0 Å². The summed E-state index contributed by atoms with van der Waals surface area (Å²) >= 11 is 0. The number of benzene rings is 1. The average Bonchev–Trinajstić information content (AvgIpc) is 2.22. The van der Waals surface area contributed by atoms with Gasteiger partial charge in [-0.15, -0.1) is 0 Å². The van der Waals surface area contributed by atoms with Crippen LogP contribution >= 0.6 is 0 Å². The number of hydrogen-bond donors (Lipinski definition) is 0. The maximum Gasteiger partial charge on any atom is 0.0889 e. The van der Waals surface area contributed by atoms with Crippen LogP contribution in [0.4, 0.5) is 0 Å². The molecule has 0 aromatic heterocycles. The maximum atomic E-state index is 4.19. The lowest BCUT2D eigenvalue weighted by atomic mass is 9.81. The molecule has 0 aliphatic heterocycles. The third-order valence-corrected chi connectivity index (χ3v) is 2.98. The molecule has 0 aliphatic carbocycles. The lowest BCUT2D eigenvalue weighted by Crippen LogP contribution is -2.22.